The lowest BCUT2D eigenvalue weighted by molar-refractivity contribution is -0.130. The second-order valence-electron chi connectivity index (χ2n) is 6.61. The van der Waals surface area contributed by atoms with Crippen molar-refractivity contribution >= 4 is 23.4 Å². The highest BCUT2D eigenvalue weighted by Crippen LogP contribution is 2.34. The number of carbonyl (C=O) groups excluding carboxylic acids is 1. The quantitative estimate of drug-likeness (QED) is 0.517. The van der Waals surface area contributed by atoms with Crippen molar-refractivity contribution in [2.24, 2.45) is 5.10 Å². The molecule has 0 spiro atoms. The molecule has 0 saturated carbocycles. The van der Waals surface area contributed by atoms with Crippen molar-refractivity contribution in [3.05, 3.63) is 83.8 Å². The lowest BCUT2D eigenvalue weighted by Crippen LogP contribution is -2.28. The summed E-state index contributed by atoms with van der Waals surface area (Å²) in [5.41, 5.74) is 1.64. The molecule has 2 aromatic carbocycles. The Morgan fingerprint density at radius 3 is 2.67 bits per heavy atom. The van der Waals surface area contributed by atoms with Crippen LogP contribution in [0.15, 0.2) is 75.3 Å². The van der Waals surface area contributed by atoms with E-state index in [0.717, 1.165) is 40.9 Å². The molecule has 4 rings (SSSR count). The number of rotatable bonds is 6. The van der Waals surface area contributed by atoms with E-state index in [0.29, 0.717) is 17.1 Å². The summed E-state index contributed by atoms with van der Waals surface area (Å²) in [6.45, 7) is 0. The summed E-state index contributed by atoms with van der Waals surface area (Å²) in [5.74, 6) is -0.723. The van der Waals surface area contributed by atoms with Gasteiger partial charge in [0.1, 0.15) is 17.6 Å². The van der Waals surface area contributed by atoms with E-state index in [4.69, 9.17) is 9.15 Å². The molecule has 1 aromatic heterocycles. The fourth-order valence-electron chi connectivity index (χ4n) is 3.18. The number of benzene rings is 2. The molecule has 5 nitrogen and oxygen atoms in total. The van der Waals surface area contributed by atoms with Crippen LogP contribution < -0.4 is 4.74 Å². The van der Waals surface area contributed by atoms with Gasteiger partial charge >= 0.3 is 0 Å². The number of hydrogen-bond donors (Lipinski definition) is 0. The fourth-order valence-corrected chi connectivity index (χ4v) is 3.95. The van der Waals surface area contributed by atoms with E-state index >= 15 is 0 Å². The number of ether oxygens (including phenoxy) is 1. The maximum atomic E-state index is 13.4. The average Bonchev–Trinajstić information content (AvgIpc) is 3.44. The Morgan fingerprint density at radius 2 is 2.00 bits per heavy atom. The van der Waals surface area contributed by atoms with Gasteiger partial charge in [-0.2, -0.15) is 5.10 Å². The normalized spacial score (nSPS) is 15.9. The number of thioether (sulfide) groups is 1. The molecule has 0 saturated heterocycles. The third-order valence-electron chi connectivity index (χ3n) is 4.71. The highest BCUT2D eigenvalue weighted by atomic mass is 32.2. The first kappa shape index (κ1) is 20.2. The molecule has 0 fully saturated rings. The van der Waals surface area contributed by atoms with Crippen molar-refractivity contribution in [2.45, 2.75) is 17.4 Å². The lowest BCUT2D eigenvalue weighted by Gasteiger charge is -2.19. The molecule has 0 bridgehead atoms. The molecular weight excluding hydrogens is 410 g/mol. The summed E-state index contributed by atoms with van der Waals surface area (Å²) in [7, 11) is 1.60. The Bertz CT molecular complexity index is 1070. The minimum atomic E-state index is -0.943. The standard InChI is InChI=1S/C22H18F2N2O3S/c1-28-15-6-4-14(5-7-15)19-12-20(21-3-2-10-29-21)26(25-19)22(27)13-30-16-8-9-17(23)18(24)11-16/h2-11,20H,12-13H2,1H3/t20-/m1/s1. The summed E-state index contributed by atoms with van der Waals surface area (Å²) in [6, 6.07) is 14.2. The topological polar surface area (TPSA) is 55.0 Å². The molecule has 0 radical (unpaired) electrons. The molecule has 1 aliphatic heterocycles. The number of halogens is 2. The lowest BCUT2D eigenvalue weighted by atomic mass is 10.0. The van der Waals surface area contributed by atoms with Crippen LogP contribution in [0.5, 0.6) is 5.75 Å². The Kier molecular flexibility index (Phi) is 5.85. The molecule has 0 aliphatic carbocycles. The summed E-state index contributed by atoms with van der Waals surface area (Å²) >= 11 is 1.13. The Hall–Kier alpha value is -3.13. The van der Waals surface area contributed by atoms with Crippen LogP contribution in [0.4, 0.5) is 8.78 Å². The van der Waals surface area contributed by atoms with Crippen molar-refractivity contribution < 1.29 is 22.7 Å². The minimum absolute atomic E-state index is 0.0294. The van der Waals surface area contributed by atoms with Crippen LogP contribution in [0.3, 0.4) is 0 Å². The van der Waals surface area contributed by atoms with Crippen molar-refractivity contribution in [3.63, 3.8) is 0 Å². The maximum Gasteiger partial charge on any atom is 0.253 e. The Labute approximate surface area is 176 Å². The van der Waals surface area contributed by atoms with Crippen molar-refractivity contribution in [3.8, 4) is 5.75 Å². The van der Waals surface area contributed by atoms with Crippen molar-refractivity contribution in [1.82, 2.24) is 5.01 Å². The largest absolute Gasteiger partial charge is 0.497 e. The van der Waals surface area contributed by atoms with Gasteiger partial charge in [0, 0.05) is 11.3 Å². The van der Waals surface area contributed by atoms with Gasteiger partial charge in [-0.15, -0.1) is 11.8 Å². The number of furan rings is 1. The SMILES string of the molecule is COc1ccc(C2=NN(C(=O)CSc3ccc(F)c(F)c3)[C@@H](c3ccco3)C2)cc1. The smallest absolute Gasteiger partial charge is 0.253 e. The van der Waals surface area contributed by atoms with Crippen molar-refractivity contribution in [2.75, 3.05) is 12.9 Å². The minimum Gasteiger partial charge on any atom is -0.497 e. The predicted molar refractivity (Wildman–Crippen MR) is 110 cm³/mol. The van der Waals surface area contributed by atoms with Gasteiger partial charge in [0.25, 0.3) is 5.91 Å². The molecule has 154 valence electrons. The summed E-state index contributed by atoms with van der Waals surface area (Å²) in [5, 5.41) is 5.96. The third-order valence-corrected chi connectivity index (χ3v) is 5.69. The number of hydrogen-bond acceptors (Lipinski definition) is 5. The Morgan fingerprint density at radius 1 is 1.20 bits per heavy atom. The summed E-state index contributed by atoms with van der Waals surface area (Å²) in [6.07, 6.45) is 2.06. The summed E-state index contributed by atoms with van der Waals surface area (Å²) in [4.78, 5) is 13.4. The molecule has 0 N–H and O–H groups in total. The van der Waals surface area contributed by atoms with Crippen LogP contribution >= 0.6 is 11.8 Å². The zero-order valence-electron chi connectivity index (χ0n) is 16.0. The zero-order valence-corrected chi connectivity index (χ0v) is 16.9. The van der Waals surface area contributed by atoms with Crippen LogP contribution in [-0.4, -0.2) is 29.5 Å². The second-order valence-corrected chi connectivity index (χ2v) is 7.66. The van der Waals surface area contributed by atoms with Gasteiger partial charge in [-0.1, -0.05) is 0 Å². The van der Waals surface area contributed by atoms with E-state index < -0.39 is 11.6 Å². The first-order chi connectivity index (χ1) is 14.5. The first-order valence-electron chi connectivity index (χ1n) is 9.20. The van der Waals surface area contributed by atoms with Gasteiger partial charge in [-0.25, -0.2) is 13.8 Å². The molecule has 1 aliphatic rings. The number of carbonyl (C=O) groups is 1. The molecule has 1 atom stereocenters. The monoisotopic (exact) mass is 428 g/mol. The molecule has 2 heterocycles. The number of nitrogens with zero attached hydrogens (tertiary/aromatic N) is 2. The van der Waals surface area contributed by atoms with Crippen molar-refractivity contribution in [1.29, 1.82) is 0 Å². The predicted octanol–water partition coefficient (Wildman–Crippen LogP) is 5.04. The van der Waals surface area contributed by atoms with E-state index in [1.807, 2.05) is 24.3 Å². The molecule has 0 unspecified atom stereocenters. The number of methoxy groups -OCH3 is 1. The third kappa shape index (κ3) is 4.23. The number of amides is 1. The van der Waals surface area contributed by atoms with Gasteiger partial charge in [0.05, 0.1) is 24.8 Å². The Balaban J connectivity index is 1.54. The first-order valence-corrected chi connectivity index (χ1v) is 10.2. The highest BCUT2D eigenvalue weighted by molar-refractivity contribution is 8.00. The fraction of sp³-hybridized carbons (Fsp3) is 0.182. The molecule has 30 heavy (non-hydrogen) atoms. The summed E-state index contributed by atoms with van der Waals surface area (Å²) < 4.78 is 37.2. The molecule has 3 aromatic rings. The molecule has 8 heteroatoms. The van der Waals surface area contributed by atoms with Gasteiger partial charge < -0.3 is 9.15 Å². The van der Waals surface area contributed by atoms with E-state index in [-0.39, 0.29) is 17.7 Å². The maximum absolute atomic E-state index is 13.4. The second kappa shape index (κ2) is 8.71. The molecular formula is C22H18F2N2O3S. The van der Waals surface area contributed by atoms with E-state index in [1.165, 1.54) is 11.1 Å². The zero-order chi connectivity index (χ0) is 21.1. The van der Waals surface area contributed by atoms with E-state index in [9.17, 15) is 13.6 Å². The van der Waals surface area contributed by atoms with E-state index in [1.54, 1.807) is 25.5 Å². The highest BCUT2D eigenvalue weighted by Gasteiger charge is 2.34. The van der Waals surface area contributed by atoms with E-state index in [2.05, 4.69) is 5.10 Å². The van der Waals surface area contributed by atoms with Gasteiger partial charge in [-0.05, 0) is 60.2 Å². The average molecular weight is 428 g/mol. The van der Waals surface area contributed by atoms with Crippen LogP contribution in [0.25, 0.3) is 0 Å². The van der Waals surface area contributed by atoms with Crippen LogP contribution in [0, 0.1) is 11.6 Å². The van der Waals surface area contributed by atoms with Crippen LogP contribution in [0.1, 0.15) is 23.8 Å². The molecule has 1 amide bonds. The van der Waals surface area contributed by atoms with Gasteiger partial charge in [0.15, 0.2) is 11.6 Å². The number of hydrazone groups is 1. The van der Waals surface area contributed by atoms with Crippen LogP contribution in [0.2, 0.25) is 0 Å². The van der Waals surface area contributed by atoms with Gasteiger partial charge in [0.2, 0.25) is 0 Å². The van der Waals surface area contributed by atoms with Crippen LogP contribution in [-0.2, 0) is 4.79 Å². The van der Waals surface area contributed by atoms with Gasteiger partial charge in [-0.3, -0.25) is 4.79 Å².